The monoisotopic (exact) mass is 397 g/mol. The van der Waals surface area contributed by atoms with Crippen molar-refractivity contribution in [1.82, 2.24) is 0 Å². The minimum absolute atomic E-state index is 0.00330. The van der Waals surface area contributed by atoms with Crippen LogP contribution in [0.2, 0.25) is 0 Å². The van der Waals surface area contributed by atoms with Gasteiger partial charge in [-0.25, -0.2) is 0 Å². The van der Waals surface area contributed by atoms with Gasteiger partial charge in [0.1, 0.15) is 0 Å². The lowest BCUT2D eigenvalue weighted by atomic mass is 9.92. The number of anilines is 2. The molecule has 1 saturated heterocycles. The van der Waals surface area contributed by atoms with Gasteiger partial charge in [0, 0.05) is 48.1 Å². The van der Waals surface area contributed by atoms with Gasteiger partial charge in [-0.15, -0.1) is 0 Å². The van der Waals surface area contributed by atoms with Gasteiger partial charge in [-0.05, 0) is 43.9 Å². The summed E-state index contributed by atoms with van der Waals surface area (Å²) in [5.74, 6) is 0.653. The number of benzene rings is 2. The average molecular weight is 397 g/mol. The van der Waals surface area contributed by atoms with Crippen molar-refractivity contribution in [2.45, 2.75) is 32.7 Å². The molecule has 1 N–H and O–H groups in total. The van der Waals surface area contributed by atoms with Crippen LogP contribution in [0.4, 0.5) is 22.7 Å². The second-order valence-electron chi connectivity index (χ2n) is 7.35. The largest absolute Gasteiger partial charge is 0.368 e. The van der Waals surface area contributed by atoms with Gasteiger partial charge < -0.3 is 4.90 Å². The summed E-state index contributed by atoms with van der Waals surface area (Å²) in [5, 5.41) is 26.1. The molecule has 9 heteroatoms. The van der Waals surface area contributed by atoms with E-state index >= 15 is 0 Å². The van der Waals surface area contributed by atoms with Gasteiger partial charge in [0.25, 0.3) is 11.4 Å². The second kappa shape index (κ2) is 8.68. The summed E-state index contributed by atoms with van der Waals surface area (Å²) in [7, 11) is 0. The fraction of sp³-hybridized carbons (Fsp3) is 0.350. The van der Waals surface area contributed by atoms with Crippen molar-refractivity contribution in [3.63, 3.8) is 0 Å². The van der Waals surface area contributed by atoms with Crippen LogP contribution in [0.5, 0.6) is 0 Å². The normalized spacial score (nSPS) is 19.3. The molecule has 2 aromatic carbocycles. The van der Waals surface area contributed by atoms with E-state index in [1.165, 1.54) is 24.3 Å². The van der Waals surface area contributed by atoms with Crippen molar-refractivity contribution >= 4 is 29.0 Å². The van der Waals surface area contributed by atoms with Gasteiger partial charge >= 0.3 is 0 Å². The molecule has 3 rings (SSSR count). The van der Waals surface area contributed by atoms with Crippen molar-refractivity contribution in [2.75, 3.05) is 16.9 Å². The second-order valence-corrected chi connectivity index (χ2v) is 7.35. The highest BCUT2D eigenvalue weighted by Gasteiger charge is 2.25. The Morgan fingerprint density at radius 1 is 1.07 bits per heavy atom. The summed E-state index contributed by atoms with van der Waals surface area (Å²) in [6.07, 6.45) is 3.68. The van der Waals surface area contributed by atoms with E-state index in [0.29, 0.717) is 23.2 Å². The van der Waals surface area contributed by atoms with Crippen LogP contribution in [0.15, 0.2) is 47.6 Å². The number of nitrogens with one attached hydrogen (secondary N) is 1. The van der Waals surface area contributed by atoms with Gasteiger partial charge in [-0.3, -0.25) is 25.7 Å². The molecule has 1 heterocycles. The summed E-state index contributed by atoms with van der Waals surface area (Å²) < 4.78 is 0. The van der Waals surface area contributed by atoms with Crippen molar-refractivity contribution < 1.29 is 9.85 Å². The Labute approximate surface area is 168 Å². The smallest absolute Gasteiger partial charge is 0.270 e. The lowest BCUT2D eigenvalue weighted by Crippen LogP contribution is -2.40. The number of nitrogens with zero attached hydrogens (tertiary/aromatic N) is 4. The molecule has 2 aromatic rings. The van der Waals surface area contributed by atoms with Crippen LogP contribution in [0, 0.1) is 26.1 Å². The molecular formula is C20H23N5O4. The summed E-state index contributed by atoms with van der Waals surface area (Å²) >= 11 is 0. The van der Waals surface area contributed by atoms with E-state index in [2.05, 4.69) is 29.3 Å². The Balaban J connectivity index is 1.83. The molecule has 0 spiro atoms. The van der Waals surface area contributed by atoms with Gasteiger partial charge in [0.05, 0.1) is 21.7 Å². The number of piperidine rings is 1. The Morgan fingerprint density at radius 3 is 2.34 bits per heavy atom. The molecule has 152 valence electrons. The van der Waals surface area contributed by atoms with Crippen LogP contribution >= 0.6 is 0 Å². The highest BCUT2D eigenvalue weighted by atomic mass is 16.6. The van der Waals surface area contributed by atoms with Crippen LogP contribution in [-0.4, -0.2) is 28.6 Å². The number of nitro groups is 2. The van der Waals surface area contributed by atoms with E-state index in [4.69, 9.17) is 0 Å². The molecule has 0 amide bonds. The van der Waals surface area contributed by atoms with Crippen molar-refractivity contribution in [1.29, 1.82) is 0 Å². The fourth-order valence-electron chi connectivity index (χ4n) is 3.62. The molecule has 29 heavy (non-hydrogen) atoms. The van der Waals surface area contributed by atoms with Crippen LogP contribution in [0.3, 0.4) is 0 Å². The standard InChI is InChI=1S/C20H23N5O4/c1-14-9-10-23(15(2)11-14)20-8-7-19(25(28)29)12-16(20)13-21-22-17-3-5-18(6-4-17)24(26)27/h3-8,12-15,22H,9-11H2,1-2H3/b21-13-/t14-,15-/m1/s1. The highest BCUT2D eigenvalue weighted by molar-refractivity contribution is 5.89. The molecule has 1 fully saturated rings. The van der Waals surface area contributed by atoms with Crippen molar-refractivity contribution in [3.8, 4) is 0 Å². The predicted molar refractivity (Wildman–Crippen MR) is 113 cm³/mol. The van der Waals surface area contributed by atoms with Gasteiger partial charge in [-0.1, -0.05) is 6.92 Å². The molecule has 0 saturated carbocycles. The topological polar surface area (TPSA) is 114 Å². The van der Waals surface area contributed by atoms with Crippen LogP contribution in [-0.2, 0) is 0 Å². The zero-order chi connectivity index (χ0) is 21.0. The maximum atomic E-state index is 11.2. The quantitative estimate of drug-likeness (QED) is 0.434. The Hall–Kier alpha value is -3.49. The molecule has 9 nitrogen and oxygen atoms in total. The predicted octanol–water partition coefficient (Wildman–Crippen LogP) is 4.57. The number of hydrogen-bond donors (Lipinski definition) is 1. The Morgan fingerprint density at radius 2 is 1.72 bits per heavy atom. The molecule has 1 aliphatic heterocycles. The first kappa shape index (κ1) is 20.2. The summed E-state index contributed by atoms with van der Waals surface area (Å²) in [5.41, 5.74) is 4.95. The molecule has 0 radical (unpaired) electrons. The van der Waals surface area contributed by atoms with E-state index in [0.717, 1.165) is 25.1 Å². The number of non-ortho nitro benzene ring substituents is 2. The van der Waals surface area contributed by atoms with E-state index < -0.39 is 9.85 Å². The molecular weight excluding hydrogens is 374 g/mol. The SMILES string of the molecule is C[C@@H]1CCN(c2ccc([N+](=O)[O-])cc2/C=N\Nc2ccc([N+](=O)[O-])cc2)[C@H](C)C1. The lowest BCUT2D eigenvalue weighted by Gasteiger charge is -2.39. The molecule has 0 aliphatic carbocycles. The molecule has 1 aliphatic rings. The maximum absolute atomic E-state index is 11.2. The lowest BCUT2D eigenvalue weighted by molar-refractivity contribution is -0.385. The van der Waals surface area contributed by atoms with E-state index in [1.807, 2.05) is 0 Å². The maximum Gasteiger partial charge on any atom is 0.270 e. The molecule has 2 atom stereocenters. The summed E-state index contributed by atoms with van der Waals surface area (Å²) in [4.78, 5) is 23.3. The van der Waals surface area contributed by atoms with Crippen molar-refractivity contribution in [2.24, 2.45) is 11.0 Å². The molecule has 0 aromatic heterocycles. The van der Waals surface area contributed by atoms with Crippen LogP contribution in [0.1, 0.15) is 32.3 Å². The Kier molecular flexibility index (Phi) is 6.06. The zero-order valence-electron chi connectivity index (χ0n) is 16.3. The number of nitro benzene ring substituents is 2. The van der Waals surface area contributed by atoms with E-state index in [9.17, 15) is 20.2 Å². The van der Waals surface area contributed by atoms with Gasteiger partial charge in [0.15, 0.2) is 0 Å². The first-order valence-electron chi connectivity index (χ1n) is 9.43. The van der Waals surface area contributed by atoms with Crippen LogP contribution in [0.25, 0.3) is 0 Å². The Bertz CT molecular complexity index is 929. The number of hydrogen-bond acceptors (Lipinski definition) is 7. The third-order valence-corrected chi connectivity index (χ3v) is 5.15. The third-order valence-electron chi connectivity index (χ3n) is 5.15. The average Bonchev–Trinajstić information content (AvgIpc) is 2.68. The third kappa shape index (κ3) is 4.87. The minimum Gasteiger partial charge on any atom is -0.368 e. The molecule has 0 bridgehead atoms. The van der Waals surface area contributed by atoms with Gasteiger partial charge in [-0.2, -0.15) is 5.10 Å². The van der Waals surface area contributed by atoms with E-state index in [1.54, 1.807) is 24.4 Å². The highest BCUT2D eigenvalue weighted by Crippen LogP contribution is 2.31. The summed E-state index contributed by atoms with van der Waals surface area (Å²) in [6.45, 7) is 5.28. The first-order valence-corrected chi connectivity index (χ1v) is 9.43. The number of hydrazone groups is 1. The van der Waals surface area contributed by atoms with E-state index in [-0.39, 0.29) is 11.4 Å². The fourth-order valence-corrected chi connectivity index (χ4v) is 3.62. The van der Waals surface area contributed by atoms with Crippen LogP contribution < -0.4 is 10.3 Å². The number of rotatable bonds is 6. The zero-order valence-corrected chi connectivity index (χ0v) is 16.3. The van der Waals surface area contributed by atoms with Crippen molar-refractivity contribution in [3.05, 3.63) is 68.3 Å². The molecule has 0 unspecified atom stereocenters. The first-order chi connectivity index (χ1) is 13.8. The summed E-state index contributed by atoms with van der Waals surface area (Å²) in [6, 6.07) is 11.0. The minimum atomic E-state index is -0.469. The van der Waals surface area contributed by atoms with Gasteiger partial charge in [0.2, 0.25) is 0 Å².